The predicted octanol–water partition coefficient (Wildman–Crippen LogP) is 16.8. The molecule has 12 aromatic rings. The van der Waals surface area contributed by atoms with E-state index in [1.165, 1.54) is 55.2 Å². The van der Waals surface area contributed by atoms with Gasteiger partial charge in [0.2, 0.25) is 0 Å². The molecule has 0 fully saturated rings. The summed E-state index contributed by atoms with van der Waals surface area (Å²) in [6.45, 7) is 0. The Labute approximate surface area is 366 Å². The van der Waals surface area contributed by atoms with Crippen LogP contribution < -0.4 is 4.90 Å². The third-order valence-electron chi connectivity index (χ3n) is 12.4. The van der Waals surface area contributed by atoms with E-state index in [1.54, 1.807) is 0 Å². The number of furan rings is 1. The first-order chi connectivity index (χ1) is 31.2. The molecule has 2 aromatic heterocycles. The maximum absolute atomic E-state index is 6.63. The highest BCUT2D eigenvalue weighted by Crippen LogP contribution is 2.42. The standard InChI is InChI=1S/C60H40N2O/c1-5-13-41(14-6-1)44-21-28-50(29-22-44)61(52-32-34-54-53-33-25-48(43-17-9-3-10-18-43)39-59(53)63-60(54)40-52)51-30-23-45(24-31-51)47-27-36-58-56(38-47)55-37-46(42-15-7-2-8-16-42)26-35-57(55)62(58)49-19-11-4-12-20-49/h1-40H. The molecule has 3 heteroatoms. The second-order valence-corrected chi connectivity index (χ2v) is 16.2. The zero-order valence-electron chi connectivity index (χ0n) is 34.4. The van der Waals surface area contributed by atoms with Gasteiger partial charge in [-0.05, 0) is 129 Å². The fourth-order valence-corrected chi connectivity index (χ4v) is 9.27. The second-order valence-electron chi connectivity index (χ2n) is 16.2. The van der Waals surface area contributed by atoms with Crippen molar-refractivity contribution in [2.45, 2.75) is 0 Å². The first kappa shape index (κ1) is 36.5. The van der Waals surface area contributed by atoms with Crippen LogP contribution in [0.2, 0.25) is 0 Å². The molecule has 2 heterocycles. The molecule has 0 saturated carbocycles. The summed E-state index contributed by atoms with van der Waals surface area (Å²) in [6, 6.07) is 87.0. The van der Waals surface area contributed by atoms with Crippen molar-refractivity contribution < 1.29 is 4.42 Å². The molecule has 0 amide bonds. The highest BCUT2D eigenvalue weighted by molar-refractivity contribution is 6.12. The van der Waals surface area contributed by atoms with Crippen molar-refractivity contribution in [3.8, 4) is 50.2 Å². The fraction of sp³-hybridized carbons (Fsp3) is 0. The summed E-state index contributed by atoms with van der Waals surface area (Å²) in [5.74, 6) is 0. The Bertz CT molecular complexity index is 3570. The largest absolute Gasteiger partial charge is 0.456 e. The van der Waals surface area contributed by atoms with Gasteiger partial charge in [0.05, 0.1) is 11.0 Å². The molecular formula is C60H40N2O. The van der Waals surface area contributed by atoms with Crippen LogP contribution in [0.15, 0.2) is 247 Å². The van der Waals surface area contributed by atoms with Crippen LogP contribution in [0.3, 0.4) is 0 Å². The van der Waals surface area contributed by atoms with E-state index in [9.17, 15) is 0 Å². The molecule has 12 rings (SSSR count). The van der Waals surface area contributed by atoms with Crippen LogP contribution >= 0.6 is 0 Å². The average Bonchev–Trinajstić information content (AvgIpc) is 3.90. The number of hydrogen-bond acceptors (Lipinski definition) is 2. The van der Waals surface area contributed by atoms with Gasteiger partial charge in [-0.2, -0.15) is 0 Å². The summed E-state index contributed by atoms with van der Waals surface area (Å²) in [4.78, 5) is 2.32. The van der Waals surface area contributed by atoms with E-state index in [4.69, 9.17) is 4.42 Å². The van der Waals surface area contributed by atoms with Crippen molar-refractivity contribution in [3.63, 3.8) is 0 Å². The lowest BCUT2D eigenvalue weighted by molar-refractivity contribution is 0.669. The van der Waals surface area contributed by atoms with Crippen LogP contribution in [0.5, 0.6) is 0 Å². The Kier molecular flexibility index (Phi) is 8.83. The third-order valence-corrected chi connectivity index (χ3v) is 12.4. The molecule has 0 unspecified atom stereocenters. The number of anilines is 3. The smallest absolute Gasteiger partial charge is 0.137 e. The lowest BCUT2D eigenvalue weighted by atomic mass is 10.00. The minimum Gasteiger partial charge on any atom is -0.456 e. The first-order valence-electron chi connectivity index (χ1n) is 21.5. The molecule has 0 N–H and O–H groups in total. The lowest BCUT2D eigenvalue weighted by Crippen LogP contribution is -2.09. The summed E-state index contributed by atoms with van der Waals surface area (Å²) < 4.78 is 9.01. The maximum Gasteiger partial charge on any atom is 0.137 e. The molecule has 0 spiro atoms. The summed E-state index contributed by atoms with van der Waals surface area (Å²) in [5, 5.41) is 4.67. The van der Waals surface area contributed by atoms with Crippen LogP contribution in [-0.4, -0.2) is 4.57 Å². The van der Waals surface area contributed by atoms with E-state index in [0.717, 1.165) is 55.8 Å². The van der Waals surface area contributed by atoms with Crippen molar-refractivity contribution in [1.29, 1.82) is 0 Å². The number of aromatic nitrogens is 1. The van der Waals surface area contributed by atoms with Gasteiger partial charge in [0.1, 0.15) is 11.2 Å². The van der Waals surface area contributed by atoms with Gasteiger partial charge in [-0.1, -0.05) is 152 Å². The van der Waals surface area contributed by atoms with E-state index < -0.39 is 0 Å². The van der Waals surface area contributed by atoms with Gasteiger partial charge in [0, 0.05) is 50.4 Å². The number of hydrogen-bond donors (Lipinski definition) is 0. The SMILES string of the molecule is c1ccc(-c2ccc(N(c3ccc(-c4ccc5c(c4)c4cc(-c6ccccc6)ccc4n5-c4ccccc4)cc3)c3ccc4c(c3)oc3cc(-c5ccccc5)ccc34)cc2)cc1. The van der Waals surface area contributed by atoms with Crippen molar-refractivity contribution >= 4 is 60.8 Å². The van der Waals surface area contributed by atoms with E-state index in [-0.39, 0.29) is 0 Å². The van der Waals surface area contributed by atoms with Gasteiger partial charge in [0.25, 0.3) is 0 Å². The summed E-state index contributed by atoms with van der Waals surface area (Å²) in [5.41, 5.74) is 17.8. The minimum atomic E-state index is 0.855. The zero-order valence-corrected chi connectivity index (χ0v) is 34.4. The van der Waals surface area contributed by atoms with Crippen molar-refractivity contribution in [3.05, 3.63) is 243 Å². The Morgan fingerprint density at radius 2 is 0.635 bits per heavy atom. The van der Waals surface area contributed by atoms with E-state index in [2.05, 4.69) is 246 Å². The number of para-hydroxylation sites is 1. The topological polar surface area (TPSA) is 21.3 Å². The van der Waals surface area contributed by atoms with Gasteiger partial charge in [0.15, 0.2) is 0 Å². The monoisotopic (exact) mass is 804 g/mol. The molecule has 3 nitrogen and oxygen atoms in total. The van der Waals surface area contributed by atoms with Gasteiger partial charge in [-0.3, -0.25) is 0 Å². The Morgan fingerprint density at radius 1 is 0.270 bits per heavy atom. The molecule has 0 saturated heterocycles. The molecule has 10 aromatic carbocycles. The van der Waals surface area contributed by atoms with Crippen LogP contribution in [0.25, 0.3) is 93.9 Å². The summed E-state index contributed by atoms with van der Waals surface area (Å²) in [6.07, 6.45) is 0. The molecule has 0 atom stereocenters. The number of rotatable bonds is 8. The molecule has 0 aliphatic carbocycles. The molecule has 0 bridgehead atoms. The number of benzene rings is 10. The molecule has 296 valence electrons. The Morgan fingerprint density at radius 3 is 1.16 bits per heavy atom. The first-order valence-corrected chi connectivity index (χ1v) is 21.5. The minimum absolute atomic E-state index is 0.855. The van der Waals surface area contributed by atoms with Crippen molar-refractivity contribution in [2.24, 2.45) is 0 Å². The highest BCUT2D eigenvalue weighted by atomic mass is 16.3. The summed E-state index contributed by atoms with van der Waals surface area (Å²) >= 11 is 0. The van der Waals surface area contributed by atoms with Gasteiger partial charge in [-0.25, -0.2) is 0 Å². The molecule has 0 radical (unpaired) electrons. The molecule has 0 aliphatic rings. The highest BCUT2D eigenvalue weighted by Gasteiger charge is 2.18. The van der Waals surface area contributed by atoms with Gasteiger partial charge < -0.3 is 13.9 Å². The van der Waals surface area contributed by atoms with Crippen LogP contribution in [0.1, 0.15) is 0 Å². The fourth-order valence-electron chi connectivity index (χ4n) is 9.27. The normalized spacial score (nSPS) is 11.5. The van der Waals surface area contributed by atoms with Gasteiger partial charge >= 0.3 is 0 Å². The van der Waals surface area contributed by atoms with Crippen LogP contribution in [-0.2, 0) is 0 Å². The lowest BCUT2D eigenvalue weighted by Gasteiger charge is -2.26. The predicted molar refractivity (Wildman–Crippen MR) is 264 cm³/mol. The number of fused-ring (bicyclic) bond motifs is 6. The molecule has 63 heavy (non-hydrogen) atoms. The van der Waals surface area contributed by atoms with E-state index in [0.29, 0.717) is 0 Å². The van der Waals surface area contributed by atoms with Crippen molar-refractivity contribution in [1.82, 2.24) is 4.57 Å². The maximum atomic E-state index is 6.63. The molecular weight excluding hydrogens is 765 g/mol. The Hall–Kier alpha value is -8.40. The van der Waals surface area contributed by atoms with Gasteiger partial charge in [-0.15, -0.1) is 0 Å². The second kappa shape index (κ2) is 15.3. The van der Waals surface area contributed by atoms with E-state index in [1.807, 2.05) is 6.07 Å². The Balaban J connectivity index is 0.957. The average molecular weight is 805 g/mol. The van der Waals surface area contributed by atoms with Crippen LogP contribution in [0.4, 0.5) is 17.1 Å². The summed E-state index contributed by atoms with van der Waals surface area (Å²) in [7, 11) is 0. The molecule has 0 aliphatic heterocycles. The van der Waals surface area contributed by atoms with Crippen molar-refractivity contribution in [2.75, 3.05) is 4.90 Å². The van der Waals surface area contributed by atoms with Crippen LogP contribution in [0, 0.1) is 0 Å². The third kappa shape index (κ3) is 6.55. The quantitative estimate of drug-likeness (QED) is 0.153. The van der Waals surface area contributed by atoms with E-state index >= 15 is 0 Å². The number of nitrogens with zero attached hydrogens (tertiary/aromatic N) is 2. The zero-order chi connectivity index (χ0) is 41.7.